The molecule has 0 aliphatic heterocycles. The molecule has 0 saturated carbocycles. The van der Waals surface area contributed by atoms with Gasteiger partial charge in [-0.15, -0.1) is 0 Å². The number of nitrogens with one attached hydrogen (secondary N) is 1. The van der Waals surface area contributed by atoms with Gasteiger partial charge in [-0.05, 0) is 30.3 Å². The Kier molecular flexibility index (Phi) is 5.74. The van der Waals surface area contributed by atoms with Gasteiger partial charge in [0, 0.05) is 25.5 Å². The van der Waals surface area contributed by atoms with Gasteiger partial charge in [0.05, 0.1) is 12.4 Å². The topological polar surface area (TPSA) is 58.9 Å². The van der Waals surface area contributed by atoms with E-state index in [0.29, 0.717) is 12.4 Å². The lowest BCUT2D eigenvalue weighted by Crippen LogP contribution is -2.23. The molecule has 2 aromatic heterocycles. The summed E-state index contributed by atoms with van der Waals surface area (Å²) in [7, 11) is 0. The second-order valence-electron chi connectivity index (χ2n) is 5.80. The van der Waals surface area contributed by atoms with E-state index in [1.54, 1.807) is 23.3 Å². The van der Waals surface area contributed by atoms with Crippen LogP contribution in [0.15, 0.2) is 55.1 Å². The lowest BCUT2D eigenvalue weighted by Gasteiger charge is -2.20. The molecule has 0 unspecified atom stereocenters. The first-order chi connectivity index (χ1) is 12.3. The van der Waals surface area contributed by atoms with E-state index in [0.717, 1.165) is 25.5 Å². The molecular weight excluding hydrogens is 312 g/mol. The molecule has 0 atom stereocenters. The zero-order chi connectivity index (χ0) is 17.5. The van der Waals surface area contributed by atoms with E-state index in [1.807, 2.05) is 12.3 Å². The summed E-state index contributed by atoms with van der Waals surface area (Å²) in [6, 6.07) is 10.4. The Morgan fingerprint density at radius 1 is 1.04 bits per heavy atom. The Labute approximate surface area is 148 Å². The summed E-state index contributed by atoms with van der Waals surface area (Å²) < 4.78 is 1.70. The van der Waals surface area contributed by atoms with E-state index >= 15 is 0 Å². The molecule has 3 rings (SSSR count). The van der Waals surface area contributed by atoms with Gasteiger partial charge < -0.3 is 5.32 Å². The second kappa shape index (κ2) is 8.39. The molecule has 25 heavy (non-hydrogen) atoms. The van der Waals surface area contributed by atoms with Gasteiger partial charge in [-0.1, -0.05) is 38.1 Å². The third kappa shape index (κ3) is 4.42. The predicted molar refractivity (Wildman–Crippen MR) is 99.5 cm³/mol. The smallest absolute Gasteiger partial charge is 0.173 e. The fraction of sp³-hybridized carbons (Fsp3) is 0.316. The summed E-state index contributed by atoms with van der Waals surface area (Å²) in [5, 5.41) is 7.57. The highest BCUT2D eigenvalue weighted by Crippen LogP contribution is 2.14. The number of hydrogen-bond acceptors (Lipinski definition) is 5. The van der Waals surface area contributed by atoms with Gasteiger partial charge in [0.2, 0.25) is 0 Å². The number of aromatic nitrogens is 4. The molecule has 130 valence electrons. The molecule has 3 aromatic rings. The Morgan fingerprint density at radius 3 is 2.56 bits per heavy atom. The Hall–Kier alpha value is -2.73. The minimum Gasteiger partial charge on any atom is -0.365 e. The molecule has 2 heterocycles. The first kappa shape index (κ1) is 17.1. The largest absolute Gasteiger partial charge is 0.365 e. The molecule has 0 fully saturated rings. The van der Waals surface area contributed by atoms with Crippen molar-refractivity contribution in [3.63, 3.8) is 0 Å². The zero-order valence-corrected chi connectivity index (χ0v) is 14.8. The van der Waals surface area contributed by atoms with Crippen LogP contribution in [-0.4, -0.2) is 37.7 Å². The van der Waals surface area contributed by atoms with Crippen LogP contribution < -0.4 is 5.32 Å². The van der Waals surface area contributed by atoms with E-state index < -0.39 is 0 Å². The summed E-state index contributed by atoms with van der Waals surface area (Å²) >= 11 is 0. The highest BCUT2D eigenvalue weighted by molar-refractivity contribution is 5.38. The molecule has 0 spiro atoms. The van der Waals surface area contributed by atoms with Gasteiger partial charge in [0.15, 0.2) is 5.82 Å². The van der Waals surface area contributed by atoms with Crippen molar-refractivity contribution in [3.05, 3.63) is 66.2 Å². The van der Waals surface area contributed by atoms with Crippen LogP contribution >= 0.6 is 0 Å². The molecule has 0 saturated heterocycles. The van der Waals surface area contributed by atoms with Crippen LogP contribution in [0.4, 0.5) is 5.82 Å². The van der Waals surface area contributed by atoms with Gasteiger partial charge in [0.25, 0.3) is 0 Å². The van der Waals surface area contributed by atoms with Crippen molar-refractivity contribution in [2.24, 2.45) is 0 Å². The van der Waals surface area contributed by atoms with Crippen LogP contribution in [0.25, 0.3) is 5.82 Å². The molecule has 0 radical (unpaired) electrons. The number of hydrogen-bond donors (Lipinski definition) is 1. The van der Waals surface area contributed by atoms with Crippen molar-refractivity contribution in [1.29, 1.82) is 0 Å². The highest BCUT2D eigenvalue weighted by atomic mass is 15.3. The van der Waals surface area contributed by atoms with Crippen molar-refractivity contribution in [3.8, 4) is 5.82 Å². The fourth-order valence-electron chi connectivity index (χ4n) is 2.71. The Balaban J connectivity index is 1.71. The average Bonchev–Trinajstić information content (AvgIpc) is 3.20. The maximum atomic E-state index is 4.57. The number of rotatable bonds is 8. The summed E-state index contributed by atoms with van der Waals surface area (Å²) in [5.41, 5.74) is 2.62. The average molecular weight is 336 g/mol. The van der Waals surface area contributed by atoms with Crippen LogP contribution in [-0.2, 0) is 13.1 Å². The van der Waals surface area contributed by atoms with E-state index in [9.17, 15) is 0 Å². The first-order valence-electron chi connectivity index (χ1n) is 8.65. The van der Waals surface area contributed by atoms with Gasteiger partial charge in [-0.2, -0.15) is 5.10 Å². The second-order valence-corrected chi connectivity index (χ2v) is 5.80. The van der Waals surface area contributed by atoms with Crippen molar-refractivity contribution >= 4 is 5.82 Å². The Bertz CT molecular complexity index is 780. The minimum atomic E-state index is 0.700. The minimum absolute atomic E-state index is 0.700. The lowest BCUT2D eigenvalue weighted by atomic mass is 10.1. The van der Waals surface area contributed by atoms with Gasteiger partial charge in [-0.25, -0.2) is 9.67 Å². The van der Waals surface area contributed by atoms with Crippen molar-refractivity contribution in [1.82, 2.24) is 24.6 Å². The van der Waals surface area contributed by atoms with Gasteiger partial charge in [0.1, 0.15) is 5.82 Å². The predicted octanol–water partition coefficient (Wildman–Crippen LogP) is 3.12. The van der Waals surface area contributed by atoms with Crippen LogP contribution in [0.5, 0.6) is 0 Å². The van der Waals surface area contributed by atoms with Crippen molar-refractivity contribution < 1.29 is 0 Å². The van der Waals surface area contributed by atoms with Crippen LogP contribution in [0, 0.1) is 0 Å². The summed E-state index contributed by atoms with van der Waals surface area (Å²) in [6.07, 6.45) is 7.02. The summed E-state index contributed by atoms with van der Waals surface area (Å²) in [4.78, 5) is 11.2. The van der Waals surface area contributed by atoms with Gasteiger partial charge >= 0.3 is 0 Å². The molecule has 0 amide bonds. The van der Waals surface area contributed by atoms with Crippen molar-refractivity contribution in [2.45, 2.75) is 26.9 Å². The standard InChI is InChI=1S/C19H24N6/c1-3-24(4-2)15-17-9-6-5-8-16(17)12-21-18-13-20-14-19(23-18)25-11-7-10-22-25/h5-11,13-14H,3-4,12,15H2,1-2H3,(H,21,23). The number of anilines is 1. The SMILES string of the molecule is CCN(CC)Cc1ccccc1CNc1cncc(-n2cccn2)n1. The third-order valence-electron chi connectivity index (χ3n) is 4.23. The molecule has 0 aliphatic carbocycles. The quantitative estimate of drug-likeness (QED) is 0.685. The normalized spacial score (nSPS) is 11.0. The molecule has 6 nitrogen and oxygen atoms in total. The van der Waals surface area contributed by atoms with Crippen LogP contribution in [0.2, 0.25) is 0 Å². The van der Waals surface area contributed by atoms with E-state index in [1.165, 1.54) is 11.1 Å². The van der Waals surface area contributed by atoms with Gasteiger partial charge in [-0.3, -0.25) is 9.88 Å². The fourth-order valence-corrected chi connectivity index (χ4v) is 2.71. The molecule has 6 heteroatoms. The van der Waals surface area contributed by atoms with E-state index in [2.05, 4.69) is 63.4 Å². The Morgan fingerprint density at radius 2 is 1.84 bits per heavy atom. The van der Waals surface area contributed by atoms with Crippen molar-refractivity contribution in [2.75, 3.05) is 18.4 Å². The highest BCUT2D eigenvalue weighted by Gasteiger charge is 2.07. The maximum Gasteiger partial charge on any atom is 0.173 e. The summed E-state index contributed by atoms with van der Waals surface area (Å²) in [5.74, 6) is 1.44. The zero-order valence-electron chi connectivity index (χ0n) is 14.8. The summed E-state index contributed by atoms with van der Waals surface area (Å²) in [6.45, 7) is 8.17. The van der Waals surface area contributed by atoms with Crippen LogP contribution in [0.1, 0.15) is 25.0 Å². The molecule has 0 aliphatic rings. The lowest BCUT2D eigenvalue weighted by molar-refractivity contribution is 0.295. The molecule has 0 bridgehead atoms. The molecule has 1 N–H and O–H groups in total. The third-order valence-corrected chi connectivity index (χ3v) is 4.23. The monoisotopic (exact) mass is 336 g/mol. The first-order valence-corrected chi connectivity index (χ1v) is 8.65. The number of benzene rings is 1. The number of nitrogens with zero attached hydrogens (tertiary/aromatic N) is 5. The van der Waals surface area contributed by atoms with E-state index in [-0.39, 0.29) is 0 Å². The molecular formula is C19H24N6. The van der Waals surface area contributed by atoms with Crippen LogP contribution in [0.3, 0.4) is 0 Å². The van der Waals surface area contributed by atoms with E-state index in [4.69, 9.17) is 0 Å². The maximum absolute atomic E-state index is 4.57. The molecule has 1 aromatic carbocycles.